The van der Waals surface area contributed by atoms with Gasteiger partial charge in [0.1, 0.15) is 5.69 Å². The zero-order valence-corrected chi connectivity index (χ0v) is 13.8. The molecule has 0 unspecified atom stereocenters. The molecular weight excluding hydrogens is 342 g/mol. The van der Waals surface area contributed by atoms with Crippen LogP contribution in [0.2, 0.25) is 0 Å². The van der Waals surface area contributed by atoms with E-state index in [1.165, 1.54) is 24.5 Å². The lowest BCUT2D eigenvalue weighted by atomic mass is 10.0. The van der Waals surface area contributed by atoms with Crippen LogP contribution in [-0.4, -0.2) is 32.9 Å². The van der Waals surface area contributed by atoms with Gasteiger partial charge in [-0.3, -0.25) is 9.78 Å². The number of amides is 1. The number of rotatable bonds is 8. The van der Waals surface area contributed by atoms with Crippen LogP contribution in [0.5, 0.6) is 0 Å². The normalized spacial score (nSPS) is 14.2. The first-order valence-electron chi connectivity index (χ1n) is 7.98. The monoisotopic (exact) mass is 358 g/mol. The van der Waals surface area contributed by atoms with Gasteiger partial charge in [-0.1, -0.05) is 0 Å². The Morgan fingerprint density at radius 2 is 2.04 bits per heavy atom. The molecule has 1 aliphatic heterocycles. The third kappa shape index (κ3) is 3.74. The smallest absolute Gasteiger partial charge is 0.281 e. The summed E-state index contributed by atoms with van der Waals surface area (Å²) in [6, 6.07) is 3.07. The maximum Gasteiger partial charge on any atom is 0.281 e. The van der Waals surface area contributed by atoms with E-state index in [1.54, 1.807) is 0 Å². The van der Waals surface area contributed by atoms with E-state index in [0.29, 0.717) is 24.9 Å². The average molecular weight is 358 g/mol. The maximum atomic E-state index is 13.5. The second kappa shape index (κ2) is 7.39. The molecule has 2 aromatic rings. The van der Waals surface area contributed by atoms with E-state index in [-0.39, 0.29) is 12.1 Å². The lowest BCUT2D eigenvalue weighted by molar-refractivity contribution is 0.0935. The summed E-state index contributed by atoms with van der Waals surface area (Å²) >= 11 is 0. The van der Waals surface area contributed by atoms with Crippen molar-refractivity contribution in [1.29, 1.82) is 0 Å². The van der Waals surface area contributed by atoms with Crippen molar-refractivity contribution >= 4 is 5.91 Å². The molecule has 26 heavy (non-hydrogen) atoms. The van der Waals surface area contributed by atoms with Gasteiger partial charge in [-0.25, -0.2) is 13.5 Å². The molecule has 0 bridgehead atoms. The number of halogens is 2. The van der Waals surface area contributed by atoms with Crippen LogP contribution in [-0.2, 0) is 0 Å². The van der Waals surface area contributed by atoms with Crippen molar-refractivity contribution in [3.05, 3.63) is 42.0 Å². The number of hydrogen-bond donors (Lipinski definition) is 1. The Labute approximate surface area is 148 Å². The number of pyridine rings is 1. The summed E-state index contributed by atoms with van der Waals surface area (Å²) in [5.41, 5.74) is -0.763. The topological polar surface area (TPSA) is 84.5 Å². The molecule has 0 saturated heterocycles. The molecule has 0 spiro atoms. The maximum absolute atomic E-state index is 13.5. The molecule has 9 heteroatoms. The van der Waals surface area contributed by atoms with E-state index in [0.717, 1.165) is 10.9 Å². The molecule has 0 atom stereocenters. The van der Waals surface area contributed by atoms with Crippen LogP contribution in [0.4, 0.5) is 8.78 Å². The zero-order valence-electron chi connectivity index (χ0n) is 13.8. The lowest BCUT2D eigenvalue weighted by Crippen LogP contribution is -2.29. The minimum absolute atomic E-state index is 0.167. The molecule has 1 aliphatic rings. The van der Waals surface area contributed by atoms with Gasteiger partial charge < -0.3 is 5.32 Å². The predicted octanol–water partition coefficient (Wildman–Crippen LogP) is 2.90. The fraction of sp³-hybridized carbons (Fsp3) is 0.353. The van der Waals surface area contributed by atoms with Crippen molar-refractivity contribution in [2.45, 2.75) is 31.4 Å². The molecular formula is C17H16F2N6O. The molecule has 0 aromatic carbocycles. The van der Waals surface area contributed by atoms with Gasteiger partial charge in [0.05, 0.1) is 17.4 Å². The fourth-order valence-electron chi connectivity index (χ4n) is 2.57. The van der Waals surface area contributed by atoms with Crippen LogP contribution in [0.1, 0.15) is 41.7 Å². The highest BCUT2D eigenvalue weighted by Crippen LogP contribution is 2.36. The summed E-state index contributed by atoms with van der Waals surface area (Å²) in [5.74, 6) is 1.90. The first kappa shape index (κ1) is 17.7. The van der Waals surface area contributed by atoms with E-state index in [4.69, 9.17) is 6.42 Å². The van der Waals surface area contributed by atoms with Crippen molar-refractivity contribution in [3.63, 3.8) is 0 Å². The molecule has 1 N–H and O–H groups in total. The number of carbonyl (C=O) groups is 1. The van der Waals surface area contributed by atoms with Crippen LogP contribution in [0.25, 0.3) is 5.69 Å². The fourth-order valence-corrected chi connectivity index (χ4v) is 2.57. The Balaban J connectivity index is 1.68. The summed E-state index contributed by atoms with van der Waals surface area (Å²) in [6.45, 7) is 0.250. The Hall–Kier alpha value is -3.15. The summed E-state index contributed by atoms with van der Waals surface area (Å²) in [4.78, 5) is 16.2. The van der Waals surface area contributed by atoms with Gasteiger partial charge in [-0.15, -0.1) is 12.3 Å². The Kier molecular flexibility index (Phi) is 5.02. The molecule has 0 aliphatic carbocycles. The molecule has 134 valence electrons. The standard InChI is InChI=1S/C17H16F2N6O/c1-2-3-6-17(23-24-17)7-10-21-16(26)13-11-22-25(14(13)15(18)19)12-4-8-20-9-5-12/h1,4-5,8-9,11,15H,3,6-7,10H2,(H,21,26). The van der Waals surface area contributed by atoms with E-state index < -0.39 is 23.7 Å². The molecule has 0 fully saturated rings. The number of alkyl halides is 2. The van der Waals surface area contributed by atoms with Gasteiger partial charge >= 0.3 is 0 Å². The van der Waals surface area contributed by atoms with Crippen molar-refractivity contribution in [2.24, 2.45) is 10.2 Å². The first-order valence-corrected chi connectivity index (χ1v) is 7.98. The van der Waals surface area contributed by atoms with Crippen molar-refractivity contribution in [3.8, 4) is 18.0 Å². The van der Waals surface area contributed by atoms with E-state index in [9.17, 15) is 13.6 Å². The molecule has 3 heterocycles. The Bertz CT molecular complexity index is 850. The largest absolute Gasteiger partial charge is 0.352 e. The summed E-state index contributed by atoms with van der Waals surface area (Å²) < 4.78 is 28.1. The second-order valence-corrected chi connectivity index (χ2v) is 5.75. The average Bonchev–Trinajstić information content (AvgIpc) is 3.26. The highest BCUT2D eigenvalue weighted by molar-refractivity contribution is 5.95. The number of aromatic nitrogens is 3. The number of nitrogens with zero attached hydrogens (tertiary/aromatic N) is 5. The highest BCUT2D eigenvalue weighted by atomic mass is 19.3. The lowest BCUT2D eigenvalue weighted by Gasteiger charge is -2.11. The summed E-state index contributed by atoms with van der Waals surface area (Å²) in [5, 5.41) is 14.5. The molecule has 0 saturated carbocycles. The minimum atomic E-state index is -2.86. The van der Waals surface area contributed by atoms with Crippen molar-refractivity contribution in [2.75, 3.05) is 6.54 Å². The molecule has 1 amide bonds. The summed E-state index contributed by atoms with van der Waals surface area (Å²) in [6.07, 6.45) is 8.05. The summed E-state index contributed by atoms with van der Waals surface area (Å²) in [7, 11) is 0. The predicted molar refractivity (Wildman–Crippen MR) is 88.9 cm³/mol. The quantitative estimate of drug-likeness (QED) is 0.737. The van der Waals surface area contributed by atoms with E-state index in [2.05, 4.69) is 31.5 Å². The minimum Gasteiger partial charge on any atom is -0.352 e. The third-order valence-corrected chi connectivity index (χ3v) is 4.03. The Morgan fingerprint density at radius 1 is 1.31 bits per heavy atom. The van der Waals surface area contributed by atoms with E-state index >= 15 is 0 Å². The van der Waals surface area contributed by atoms with Gasteiger partial charge in [0.15, 0.2) is 5.66 Å². The van der Waals surface area contributed by atoms with Crippen LogP contribution < -0.4 is 5.32 Å². The van der Waals surface area contributed by atoms with Crippen molar-refractivity contribution < 1.29 is 13.6 Å². The molecule has 3 rings (SSSR count). The van der Waals surface area contributed by atoms with E-state index in [1.807, 2.05) is 0 Å². The van der Waals surface area contributed by atoms with Crippen molar-refractivity contribution in [1.82, 2.24) is 20.1 Å². The third-order valence-electron chi connectivity index (χ3n) is 4.03. The number of terminal acetylenes is 1. The Morgan fingerprint density at radius 3 is 2.65 bits per heavy atom. The number of nitrogens with one attached hydrogen (secondary N) is 1. The van der Waals surface area contributed by atoms with Gasteiger partial charge in [-0.2, -0.15) is 15.3 Å². The number of carbonyl (C=O) groups excluding carboxylic acids is 1. The van der Waals surface area contributed by atoms with Crippen LogP contribution in [0.3, 0.4) is 0 Å². The molecule has 7 nitrogen and oxygen atoms in total. The second-order valence-electron chi connectivity index (χ2n) is 5.75. The van der Waals surface area contributed by atoms with Gasteiger partial charge in [0.25, 0.3) is 12.3 Å². The van der Waals surface area contributed by atoms with Crippen LogP contribution in [0, 0.1) is 12.3 Å². The number of hydrogen-bond acceptors (Lipinski definition) is 5. The first-order chi connectivity index (χ1) is 12.6. The van der Waals surface area contributed by atoms with Crippen LogP contribution >= 0.6 is 0 Å². The van der Waals surface area contributed by atoms with Gasteiger partial charge in [0.2, 0.25) is 0 Å². The van der Waals surface area contributed by atoms with Gasteiger partial charge in [0, 0.05) is 38.2 Å². The molecule has 2 aromatic heterocycles. The molecule has 0 radical (unpaired) electrons. The van der Waals surface area contributed by atoms with Crippen LogP contribution in [0.15, 0.2) is 41.0 Å². The zero-order chi connectivity index (χ0) is 18.6. The van der Waals surface area contributed by atoms with Gasteiger partial charge in [-0.05, 0) is 12.1 Å². The highest BCUT2D eigenvalue weighted by Gasteiger charge is 2.38. The SMILES string of the molecule is C#CCCC1(CCNC(=O)c2cnn(-c3ccncc3)c2C(F)F)N=N1.